The SMILES string of the molecule is Cc1[nH]nc(Nc2ncnc3cc(OCCOc4cnc(N5CCC6(CCN(CC7CN(C(=O)OC(C)(C)C)C(C)CN7CC(=O)N7CC(C)(C)c8ncc(Cc9ccc(F)cc9)cc87)CC6)CC5)nc4)c(S(=O)(=O)C(C)(C)C)cc23)c1C. The van der Waals surface area contributed by atoms with Crippen LogP contribution in [0.4, 0.5) is 32.5 Å². The van der Waals surface area contributed by atoms with E-state index in [1.165, 1.54) is 18.5 Å². The molecule has 3 fully saturated rings. The summed E-state index contributed by atoms with van der Waals surface area (Å²) >= 11 is 0. The molecule has 2 N–H and O–H groups in total. The first-order valence-electron chi connectivity index (χ1n) is 28.9. The minimum Gasteiger partial charge on any atom is -0.489 e. The molecule has 3 saturated heterocycles. The zero-order chi connectivity index (χ0) is 59.2. The van der Waals surface area contributed by atoms with E-state index in [2.05, 4.69) is 60.1 Å². The van der Waals surface area contributed by atoms with E-state index in [0.717, 1.165) is 85.6 Å². The van der Waals surface area contributed by atoms with Crippen molar-refractivity contribution in [3.05, 3.63) is 101 Å². The lowest BCUT2D eigenvalue weighted by Crippen LogP contribution is -2.64. The molecule has 4 aromatic heterocycles. The third kappa shape index (κ3) is 13.0. The summed E-state index contributed by atoms with van der Waals surface area (Å²) in [5.74, 6) is 1.99. The van der Waals surface area contributed by atoms with E-state index in [1.807, 2.05) is 57.5 Å². The zero-order valence-electron chi connectivity index (χ0n) is 49.9. The zero-order valence-corrected chi connectivity index (χ0v) is 50.7. The van der Waals surface area contributed by atoms with Crippen LogP contribution in [0.5, 0.6) is 11.5 Å². The number of likely N-dealkylation sites (tertiary alicyclic amines) is 1. The number of ether oxygens (including phenoxy) is 3. The summed E-state index contributed by atoms with van der Waals surface area (Å²) in [5.41, 5.74) is 5.15. The van der Waals surface area contributed by atoms with Gasteiger partial charge in [-0.1, -0.05) is 26.0 Å². The number of rotatable bonds is 15. The lowest BCUT2D eigenvalue weighted by atomic mass is 9.71. The Bertz CT molecular complexity index is 3440. The van der Waals surface area contributed by atoms with Gasteiger partial charge in [0.15, 0.2) is 21.4 Å². The van der Waals surface area contributed by atoms with Crippen molar-refractivity contribution in [2.75, 3.05) is 87.2 Å². The molecule has 20 nitrogen and oxygen atoms in total. The number of anilines is 4. The summed E-state index contributed by atoms with van der Waals surface area (Å²) in [7, 11) is -3.88. The number of hydrogen-bond acceptors (Lipinski definition) is 17. The van der Waals surface area contributed by atoms with Crippen LogP contribution in [0.2, 0.25) is 0 Å². The molecule has 83 heavy (non-hydrogen) atoms. The fraction of sp³-hybridized carbons (Fsp3) is 0.541. The molecule has 2 unspecified atom stereocenters. The highest BCUT2D eigenvalue weighted by Crippen LogP contribution is 2.44. The summed E-state index contributed by atoms with van der Waals surface area (Å²) in [6.45, 7) is 26.8. The van der Waals surface area contributed by atoms with Crippen molar-refractivity contribution in [2.45, 2.75) is 141 Å². The molecular weight excluding hydrogens is 1080 g/mol. The number of pyridine rings is 1. The summed E-state index contributed by atoms with van der Waals surface area (Å²) in [5, 5.41) is 11.0. The first-order chi connectivity index (χ1) is 39.2. The molecule has 0 aliphatic carbocycles. The number of fused-ring (bicyclic) bond motifs is 2. The van der Waals surface area contributed by atoms with Crippen molar-refractivity contribution in [1.82, 2.24) is 49.8 Å². The molecule has 2 amide bonds. The van der Waals surface area contributed by atoms with Crippen LogP contribution in [0.3, 0.4) is 0 Å². The number of H-pyrrole nitrogens is 1. The summed E-state index contributed by atoms with van der Waals surface area (Å²) < 4.78 is 58.7. The number of aryl methyl sites for hydroxylation is 1. The number of sulfone groups is 1. The van der Waals surface area contributed by atoms with Gasteiger partial charge in [0.1, 0.15) is 47.4 Å². The Morgan fingerprint density at radius 2 is 1.52 bits per heavy atom. The van der Waals surface area contributed by atoms with Crippen LogP contribution >= 0.6 is 0 Å². The van der Waals surface area contributed by atoms with E-state index in [9.17, 15) is 22.4 Å². The van der Waals surface area contributed by atoms with Crippen LogP contribution in [0.1, 0.15) is 116 Å². The van der Waals surface area contributed by atoms with Gasteiger partial charge in [-0.2, -0.15) is 5.10 Å². The number of nitrogens with one attached hydrogen (secondary N) is 2. The first-order valence-corrected chi connectivity index (χ1v) is 30.4. The molecule has 4 aliphatic rings. The van der Waals surface area contributed by atoms with Gasteiger partial charge in [0.2, 0.25) is 11.9 Å². The van der Waals surface area contributed by atoms with Gasteiger partial charge in [-0.3, -0.25) is 19.8 Å². The number of hydrogen-bond donors (Lipinski definition) is 2. The number of piperazine rings is 1. The number of nitrogens with zero attached hydrogens (tertiary/aromatic N) is 11. The van der Waals surface area contributed by atoms with Crippen molar-refractivity contribution in [3.63, 3.8) is 0 Å². The van der Waals surface area contributed by atoms with E-state index in [1.54, 1.807) is 57.4 Å². The van der Waals surface area contributed by atoms with Gasteiger partial charge in [0.25, 0.3) is 0 Å². The molecule has 2 atom stereocenters. The minimum absolute atomic E-state index is 0.00164. The number of amides is 2. The monoisotopic (exact) mass is 1160 g/mol. The van der Waals surface area contributed by atoms with Gasteiger partial charge >= 0.3 is 6.09 Å². The van der Waals surface area contributed by atoms with Crippen LogP contribution < -0.4 is 24.6 Å². The molecule has 8 heterocycles. The topological polar surface area (TPSA) is 217 Å². The second-order valence-electron chi connectivity index (χ2n) is 25.7. The average molecular weight is 1160 g/mol. The Balaban J connectivity index is 0.738. The average Bonchev–Trinajstić information content (AvgIpc) is 3.68. The maximum atomic E-state index is 14.7. The summed E-state index contributed by atoms with van der Waals surface area (Å²) in [4.78, 5) is 62.3. The molecule has 0 radical (unpaired) electrons. The van der Waals surface area contributed by atoms with Crippen LogP contribution in [0.15, 0.2) is 72.3 Å². The second kappa shape index (κ2) is 23.2. The van der Waals surface area contributed by atoms with Crippen LogP contribution in [-0.2, 0) is 31.2 Å². The Labute approximate surface area is 486 Å². The minimum atomic E-state index is -3.88. The number of benzene rings is 2. The standard InChI is InChI=1S/C61H80FN13O7S/c1-39-33-73(36-52(76)75-37-60(10,11)53-49(75)27-43(30-63-53)26-42-12-14-44(62)15-13-42)45(35-74(39)57(77)82-58(4,5)6)34-71-20-16-61(17-21-71)18-22-72(23-19-61)56-64-31-46(32-65-56)80-24-25-81-50-29-48-47(28-51(50)83(78,79)59(7,8)9)55(67-38-66-48)68-54-40(2)41(3)69-70-54/h12-15,27-32,38-39,45H,16-26,33-37H2,1-11H3,(H2,66,67,68,69,70). The van der Waals surface area contributed by atoms with Gasteiger partial charge in [0, 0.05) is 85.7 Å². The number of aromatic amines is 1. The molecule has 4 aliphatic heterocycles. The number of halogens is 1. The summed E-state index contributed by atoms with van der Waals surface area (Å²) in [6, 6.07) is 11.5. The van der Waals surface area contributed by atoms with Crippen molar-refractivity contribution >= 4 is 56.0 Å². The third-order valence-electron chi connectivity index (χ3n) is 17.0. The van der Waals surface area contributed by atoms with Crippen LogP contribution in [-0.4, -0.2) is 165 Å². The fourth-order valence-electron chi connectivity index (χ4n) is 11.8. The highest BCUT2D eigenvalue weighted by molar-refractivity contribution is 7.92. The highest BCUT2D eigenvalue weighted by atomic mass is 32.2. The number of piperidine rings is 2. The Kier molecular flexibility index (Phi) is 16.5. The van der Waals surface area contributed by atoms with Gasteiger partial charge in [0.05, 0.1) is 40.6 Å². The molecular formula is C61H80FN13O7S. The maximum absolute atomic E-state index is 14.7. The molecule has 22 heteroatoms. The van der Waals surface area contributed by atoms with E-state index in [4.69, 9.17) is 29.2 Å². The lowest BCUT2D eigenvalue weighted by Gasteiger charge is -2.50. The van der Waals surface area contributed by atoms with E-state index >= 15 is 0 Å². The molecule has 2 aromatic carbocycles. The Hall–Kier alpha value is -7.04. The number of carbonyl (C=O) groups excluding carboxylic acids is 2. The molecule has 444 valence electrons. The predicted octanol–water partition coefficient (Wildman–Crippen LogP) is 8.97. The van der Waals surface area contributed by atoms with E-state index in [0.29, 0.717) is 66.8 Å². The van der Waals surface area contributed by atoms with E-state index in [-0.39, 0.29) is 71.1 Å². The lowest BCUT2D eigenvalue weighted by molar-refractivity contribution is -0.121. The fourth-order valence-corrected chi connectivity index (χ4v) is 13.1. The summed E-state index contributed by atoms with van der Waals surface area (Å²) in [6.07, 6.45) is 10.9. The van der Waals surface area contributed by atoms with Gasteiger partial charge < -0.3 is 39.1 Å². The molecule has 1 spiro atoms. The maximum Gasteiger partial charge on any atom is 0.410 e. The number of aromatic nitrogens is 7. The van der Waals surface area contributed by atoms with Crippen LogP contribution in [0, 0.1) is 25.1 Å². The first kappa shape index (κ1) is 59.1. The second-order valence-corrected chi connectivity index (χ2v) is 28.4. The third-order valence-corrected chi connectivity index (χ3v) is 19.5. The molecule has 0 saturated carbocycles. The van der Waals surface area contributed by atoms with Gasteiger partial charge in [-0.15, -0.1) is 0 Å². The quantitative estimate of drug-likeness (QED) is 0.0917. The Morgan fingerprint density at radius 1 is 0.831 bits per heavy atom. The van der Waals surface area contributed by atoms with Crippen molar-refractivity contribution < 1.29 is 36.6 Å². The molecule has 0 bridgehead atoms. The van der Waals surface area contributed by atoms with Crippen molar-refractivity contribution in [2.24, 2.45) is 5.41 Å². The van der Waals surface area contributed by atoms with Crippen LogP contribution in [0.25, 0.3) is 10.9 Å². The van der Waals surface area contributed by atoms with Gasteiger partial charge in [-0.05, 0) is 148 Å². The van der Waals surface area contributed by atoms with Crippen molar-refractivity contribution in [3.8, 4) is 11.5 Å². The number of carbonyl (C=O) groups is 2. The normalized spacial score (nSPS) is 19.5. The molecule has 6 aromatic rings. The van der Waals surface area contributed by atoms with Crippen molar-refractivity contribution in [1.29, 1.82) is 0 Å². The van der Waals surface area contributed by atoms with Gasteiger partial charge in [-0.25, -0.2) is 37.5 Å². The Morgan fingerprint density at radius 3 is 2.18 bits per heavy atom. The van der Waals surface area contributed by atoms with E-state index < -0.39 is 20.2 Å². The highest BCUT2D eigenvalue weighted by Gasteiger charge is 2.44. The largest absolute Gasteiger partial charge is 0.489 e. The smallest absolute Gasteiger partial charge is 0.410 e. The molecule has 10 rings (SSSR count). The predicted molar refractivity (Wildman–Crippen MR) is 317 cm³/mol.